The topological polar surface area (TPSA) is 44.4 Å². The Hall–Kier alpha value is -0.840. The molecule has 0 aromatic heterocycles. The lowest BCUT2D eigenvalue weighted by Gasteiger charge is -2.35. The molecule has 2 fully saturated rings. The van der Waals surface area contributed by atoms with Gasteiger partial charge in [0.05, 0.1) is 0 Å². The Balaban J connectivity index is 1.89. The first-order valence-electron chi connectivity index (χ1n) is 6.03. The van der Waals surface area contributed by atoms with Gasteiger partial charge in [0.1, 0.15) is 6.04 Å². The smallest absolute Gasteiger partial charge is 0.242 e. The summed E-state index contributed by atoms with van der Waals surface area (Å²) in [6.45, 7) is 3.40. The Morgan fingerprint density at radius 1 is 1.50 bits per heavy atom. The van der Waals surface area contributed by atoms with E-state index in [0.717, 1.165) is 11.7 Å². The Morgan fingerprint density at radius 2 is 2.19 bits per heavy atom. The van der Waals surface area contributed by atoms with Gasteiger partial charge in [0.15, 0.2) is 5.11 Å². The zero-order valence-corrected chi connectivity index (χ0v) is 10.5. The number of carbonyl (C=O) groups is 1. The summed E-state index contributed by atoms with van der Waals surface area (Å²) in [6.07, 6.45) is 4.98. The van der Waals surface area contributed by atoms with E-state index in [4.69, 9.17) is 12.2 Å². The van der Waals surface area contributed by atoms with Crippen LogP contribution in [0.4, 0.5) is 0 Å². The molecular weight excluding hydrogens is 222 g/mol. The number of amides is 1. The van der Waals surface area contributed by atoms with E-state index >= 15 is 0 Å². The van der Waals surface area contributed by atoms with E-state index in [2.05, 4.69) is 10.6 Å². The van der Waals surface area contributed by atoms with Crippen LogP contribution in [-0.2, 0) is 4.79 Å². The molecule has 1 unspecified atom stereocenters. The highest BCUT2D eigenvalue weighted by molar-refractivity contribution is 7.80. The molecule has 1 heterocycles. The second-order valence-corrected chi connectivity index (χ2v) is 4.98. The molecule has 2 rings (SSSR count). The summed E-state index contributed by atoms with van der Waals surface area (Å²) in [7, 11) is 0. The molecule has 1 aliphatic heterocycles. The summed E-state index contributed by atoms with van der Waals surface area (Å²) < 4.78 is 0. The molecule has 2 aliphatic rings. The number of piperazine rings is 1. The van der Waals surface area contributed by atoms with Gasteiger partial charge in [-0.05, 0) is 32.0 Å². The van der Waals surface area contributed by atoms with Crippen molar-refractivity contribution in [3.8, 4) is 0 Å². The van der Waals surface area contributed by atoms with Crippen LogP contribution in [-0.4, -0.2) is 41.1 Å². The van der Waals surface area contributed by atoms with Crippen molar-refractivity contribution < 1.29 is 4.79 Å². The fourth-order valence-corrected chi connectivity index (χ4v) is 2.80. The van der Waals surface area contributed by atoms with Crippen LogP contribution in [0.25, 0.3) is 0 Å². The minimum atomic E-state index is -0.143. The first kappa shape index (κ1) is 11.6. The van der Waals surface area contributed by atoms with Gasteiger partial charge in [0, 0.05) is 19.1 Å². The van der Waals surface area contributed by atoms with Crippen molar-refractivity contribution in [2.24, 2.45) is 0 Å². The highest BCUT2D eigenvalue weighted by Crippen LogP contribution is 2.18. The molecule has 0 radical (unpaired) electrons. The highest BCUT2D eigenvalue weighted by Gasteiger charge is 2.28. The third kappa shape index (κ3) is 2.45. The molecule has 90 valence electrons. The van der Waals surface area contributed by atoms with Crippen LogP contribution in [0.3, 0.4) is 0 Å². The SMILES string of the molecule is CC1C(=O)NCCN1C(=S)NC1CCCC1. The first-order valence-corrected chi connectivity index (χ1v) is 6.44. The second kappa shape index (κ2) is 4.99. The Bertz CT molecular complexity index is 289. The molecule has 2 N–H and O–H groups in total. The number of carbonyl (C=O) groups excluding carboxylic acids is 1. The lowest BCUT2D eigenvalue weighted by molar-refractivity contribution is -0.126. The largest absolute Gasteiger partial charge is 0.360 e. The van der Waals surface area contributed by atoms with Crippen molar-refractivity contribution in [3.05, 3.63) is 0 Å². The molecule has 1 amide bonds. The summed E-state index contributed by atoms with van der Waals surface area (Å²) in [5, 5.41) is 6.96. The zero-order valence-electron chi connectivity index (χ0n) is 9.66. The monoisotopic (exact) mass is 241 g/mol. The number of hydrogen-bond donors (Lipinski definition) is 2. The van der Waals surface area contributed by atoms with Crippen LogP contribution < -0.4 is 10.6 Å². The van der Waals surface area contributed by atoms with Crippen LogP contribution in [0, 0.1) is 0 Å². The molecule has 0 bridgehead atoms. The molecule has 0 aromatic rings. The van der Waals surface area contributed by atoms with E-state index in [1.807, 2.05) is 11.8 Å². The van der Waals surface area contributed by atoms with Crippen LogP contribution in [0.2, 0.25) is 0 Å². The standard InChI is InChI=1S/C11H19N3OS/c1-8-10(15)12-6-7-14(8)11(16)13-9-4-2-3-5-9/h8-9H,2-7H2,1H3,(H,12,15)(H,13,16). The van der Waals surface area contributed by atoms with Gasteiger partial charge in [-0.15, -0.1) is 0 Å². The number of nitrogens with one attached hydrogen (secondary N) is 2. The average Bonchev–Trinajstić information content (AvgIpc) is 2.74. The van der Waals surface area contributed by atoms with Crippen molar-refractivity contribution >= 4 is 23.2 Å². The molecule has 1 atom stereocenters. The van der Waals surface area contributed by atoms with Crippen LogP contribution >= 0.6 is 12.2 Å². The average molecular weight is 241 g/mol. The van der Waals surface area contributed by atoms with Crippen molar-refractivity contribution in [2.45, 2.75) is 44.7 Å². The van der Waals surface area contributed by atoms with E-state index < -0.39 is 0 Å². The summed E-state index contributed by atoms with van der Waals surface area (Å²) in [4.78, 5) is 13.5. The normalized spacial score (nSPS) is 26.7. The Labute approximate surface area is 102 Å². The van der Waals surface area contributed by atoms with Gasteiger partial charge >= 0.3 is 0 Å². The molecule has 5 heteroatoms. The summed E-state index contributed by atoms with van der Waals surface area (Å²) in [5.74, 6) is 0.0711. The lowest BCUT2D eigenvalue weighted by Crippen LogP contribution is -2.59. The van der Waals surface area contributed by atoms with Gasteiger partial charge in [-0.25, -0.2) is 0 Å². The third-order valence-corrected chi connectivity index (χ3v) is 3.79. The third-order valence-electron chi connectivity index (χ3n) is 3.44. The molecule has 16 heavy (non-hydrogen) atoms. The second-order valence-electron chi connectivity index (χ2n) is 4.59. The molecule has 1 aliphatic carbocycles. The van der Waals surface area contributed by atoms with E-state index in [9.17, 15) is 4.79 Å². The van der Waals surface area contributed by atoms with E-state index in [0.29, 0.717) is 12.6 Å². The number of rotatable bonds is 1. The van der Waals surface area contributed by atoms with E-state index in [1.54, 1.807) is 0 Å². The molecule has 4 nitrogen and oxygen atoms in total. The maximum absolute atomic E-state index is 11.5. The minimum Gasteiger partial charge on any atom is -0.360 e. The predicted octanol–water partition coefficient (Wildman–Crippen LogP) is 0.624. The highest BCUT2D eigenvalue weighted by atomic mass is 32.1. The van der Waals surface area contributed by atoms with Gasteiger partial charge in [0.2, 0.25) is 5.91 Å². The lowest BCUT2D eigenvalue weighted by atomic mass is 10.2. The van der Waals surface area contributed by atoms with Gasteiger partial charge in [-0.1, -0.05) is 12.8 Å². The van der Waals surface area contributed by atoms with Crippen LogP contribution in [0.1, 0.15) is 32.6 Å². The fourth-order valence-electron chi connectivity index (χ4n) is 2.39. The van der Waals surface area contributed by atoms with Crippen molar-refractivity contribution in [1.82, 2.24) is 15.5 Å². The number of hydrogen-bond acceptors (Lipinski definition) is 2. The quantitative estimate of drug-likeness (QED) is 0.661. The maximum atomic E-state index is 11.5. The van der Waals surface area contributed by atoms with E-state index in [1.165, 1.54) is 25.7 Å². The molecule has 1 saturated heterocycles. The van der Waals surface area contributed by atoms with Crippen LogP contribution in [0.5, 0.6) is 0 Å². The molecule has 1 saturated carbocycles. The van der Waals surface area contributed by atoms with Gasteiger partial charge in [-0.2, -0.15) is 0 Å². The predicted molar refractivity (Wildman–Crippen MR) is 67.2 cm³/mol. The molecular formula is C11H19N3OS. The Morgan fingerprint density at radius 3 is 2.88 bits per heavy atom. The Kier molecular flexibility index (Phi) is 3.63. The summed E-state index contributed by atoms with van der Waals surface area (Å²) in [5.41, 5.74) is 0. The number of thiocarbonyl (C=S) groups is 1. The van der Waals surface area contributed by atoms with Gasteiger partial charge < -0.3 is 15.5 Å². The molecule has 0 spiro atoms. The van der Waals surface area contributed by atoms with Crippen molar-refractivity contribution in [3.63, 3.8) is 0 Å². The van der Waals surface area contributed by atoms with Crippen molar-refractivity contribution in [1.29, 1.82) is 0 Å². The number of nitrogens with zero attached hydrogens (tertiary/aromatic N) is 1. The fraction of sp³-hybridized carbons (Fsp3) is 0.818. The minimum absolute atomic E-state index is 0.0711. The van der Waals surface area contributed by atoms with Crippen molar-refractivity contribution in [2.75, 3.05) is 13.1 Å². The summed E-state index contributed by atoms with van der Waals surface area (Å²) >= 11 is 5.38. The van der Waals surface area contributed by atoms with E-state index in [-0.39, 0.29) is 11.9 Å². The van der Waals surface area contributed by atoms with Gasteiger partial charge in [0.25, 0.3) is 0 Å². The summed E-state index contributed by atoms with van der Waals surface area (Å²) in [6, 6.07) is 0.375. The maximum Gasteiger partial charge on any atom is 0.242 e. The molecule has 0 aromatic carbocycles. The zero-order chi connectivity index (χ0) is 11.5. The first-order chi connectivity index (χ1) is 7.68. The van der Waals surface area contributed by atoms with Gasteiger partial charge in [-0.3, -0.25) is 4.79 Å². The van der Waals surface area contributed by atoms with Crippen LogP contribution in [0.15, 0.2) is 0 Å².